The molecule has 1 unspecified atom stereocenters. The molecule has 0 saturated carbocycles. The second kappa shape index (κ2) is 5.72. The summed E-state index contributed by atoms with van der Waals surface area (Å²) in [7, 11) is 1.51. The summed E-state index contributed by atoms with van der Waals surface area (Å²) in [5.74, 6) is 0.193. The Hall–Kier alpha value is -1.06. The first-order valence-corrected chi connectivity index (χ1v) is 6.64. The molecule has 0 radical (unpaired) electrons. The number of methoxy groups -OCH3 is 1. The molecule has 2 aromatic carbocycles. The van der Waals surface area contributed by atoms with Crippen molar-refractivity contribution in [1.82, 2.24) is 0 Å². The summed E-state index contributed by atoms with van der Waals surface area (Å²) < 4.78 is 18.9. The normalized spacial score (nSPS) is 12.2. The molecule has 2 aromatic rings. The van der Waals surface area contributed by atoms with E-state index in [1.54, 1.807) is 18.2 Å². The number of benzene rings is 2. The Labute approximate surface area is 119 Å². The van der Waals surface area contributed by atoms with Crippen LogP contribution in [0, 0.1) is 5.82 Å². The molecule has 1 atom stereocenters. The minimum absolute atomic E-state index is 0.234. The van der Waals surface area contributed by atoms with Crippen molar-refractivity contribution >= 4 is 27.5 Å². The minimum atomic E-state index is -0.309. The fraction of sp³-hybridized carbons (Fsp3) is 0.143. The van der Waals surface area contributed by atoms with Crippen molar-refractivity contribution < 1.29 is 9.13 Å². The minimum Gasteiger partial charge on any atom is -0.497 e. The number of alkyl halides is 1. The summed E-state index contributed by atoms with van der Waals surface area (Å²) in [6, 6.07) is 12.1. The zero-order chi connectivity index (χ0) is 13.1. The van der Waals surface area contributed by atoms with E-state index in [2.05, 4.69) is 15.9 Å². The van der Waals surface area contributed by atoms with Crippen molar-refractivity contribution in [3.05, 3.63) is 64.4 Å². The van der Waals surface area contributed by atoms with Gasteiger partial charge in [0, 0.05) is 16.7 Å². The van der Waals surface area contributed by atoms with Gasteiger partial charge in [-0.1, -0.05) is 45.7 Å². The van der Waals surface area contributed by atoms with Crippen molar-refractivity contribution in [2.24, 2.45) is 0 Å². The van der Waals surface area contributed by atoms with Crippen molar-refractivity contribution in [2.45, 2.75) is 4.83 Å². The highest BCUT2D eigenvalue weighted by atomic mass is 79.9. The summed E-state index contributed by atoms with van der Waals surface area (Å²) in [5.41, 5.74) is 1.46. The predicted octanol–water partition coefficient (Wildman–Crippen LogP) is 4.97. The third-order valence-electron chi connectivity index (χ3n) is 2.62. The second-order valence-electron chi connectivity index (χ2n) is 3.81. The van der Waals surface area contributed by atoms with Gasteiger partial charge in [0.15, 0.2) is 0 Å². The van der Waals surface area contributed by atoms with Gasteiger partial charge in [0.2, 0.25) is 0 Å². The predicted molar refractivity (Wildman–Crippen MR) is 75.2 cm³/mol. The van der Waals surface area contributed by atoms with Crippen molar-refractivity contribution in [2.75, 3.05) is 7.11 Å². The van der Waals surface area contributed by atoms with E-state index in [1.807, 2.05) is 18.2 Å². The Morgan fingerprint density at radius 1 is 1.22 bits per heavy atom. The van der Waals surface area contributed by atoms with Crippen LogP contribution in [0.2, 0.25) is 5.02 Å². The van der Waals surface area contributed by atoms with E-state index in [0.29, 0.717) is 16.3 Å². The first kappa shape index (κ1) is 13.4. The topological polar surface area (TPSA) is 9.23 Å². The summed E-state index contributed by atoms with van der Waals surface area (Å²) >= 11 is 9.42. The Morgan fingerprint density at radius 3 is 2.61 bits per heavy atom. The van der Waals surface area contributed by atoms with Crippen LogP contribution in [0.15, 0.2) is 42.5 Å². The molecule has 0 amide bonds. The molecule has 0 aliphatic rings. The standard InChI is InChI=1S/C14H11BrClFO/c1-18-11-5-6-12(13(17)8-11)14(15)9-3-2-4-10(16)7-9/h2-8,14H,1H3. The average Bonchev–Trinajstić information content (AvgIpc) is 2.37. The van der Waals surface area contributed by atoms with Crippen molar-refractivity contribution in [3.8, 4) is 5.75 Å². The van der Waals surface area contributed by atoms with Crippen LogP contribution in [0.1, 0.15) is 16.0 Å². The third kappa shape index (κ3) is 2.85. The SMILES string of the molecule is COc1ccc(C(Br)c2cccc(Cl)c2)c(F)c1. The van der Waals surface area contributed by atoms with E-state index in [1.165, 1.54) is 13.2 Å². The monoisotopic (exact) mass is 328 g/mol. The third-order valence-corrected chi connectivity index (χ3v) is 3.88. The van der Waals surface area contributed by atoms with E-state index >= 15 is 0 Å². The van der Waals surface area contributed by atoms with E-state index in [-0.39, 0.29) is 10.6 Å². The number of hydrogen-bond acceptors (Lipinski definition) is 1. The van der Waals surface area contributed by atoms with Crippen LogP contribution in [0.3, 0.4) is 0 Å². The van der Waals surface area contributed by atoms with Gasteiger partial charge < -0.3 is 4.74 Å². The molecule has 0 saturated heterocycles. The molecule has 0 bridgehead atoms. The van der Waals surface area contributed by atoms with E-state index in [9.17, 15) is 4.39 Å². The fourth-order valence-corrected chi connectivity index (χ4v) is 2.54. The maximum atomic E-state index is 13.9. The van der Waals surface area contributed by atoms with Crippen LogP contribution in [0.4, 0.5) is 4.39 Å². The Morgan fingerprint density at radius 2 is 2.00 bits per heavy atom. The summed E-state index contributed by atoms with van der Waals surface area (Å²) in [6.07, 6.45) is 0. The highest BCUT2D eigenvalue weighted by Crippen LogP contribution is 2.34. The molecule has 0 aliphatic carbocycles. The van der Waals surface area contributed by atoms with Gasteiger partial charge in [-0.3, -0.25) is 0 Å². The van der Waals surface area contributed by atoms with Crippen LogP contribution in [0.5, 0.6) is 5.75 Å². The van der Waals surface area contributed by atoms with Crippen LogP contribution in [0.25, 0.3) is 0 Å². The first-order valence-electron chi connectivity index (χ1n) is 5.35. The summed E-state index contributed by atoms with van der Waals surface area (Å²) in [6.45, 7) is 0. The lowest BCUT2D eigenvalue weighted by Crippen LogP contribution is -1.97. The summed E-state index contributed by atoms with van der Waals surface area (Å²) in [5, 5.41) is 0.630. The first-order chi connectivity index (χ1) is 8.61. The highest BCUT2D eigenvalue weighted by Gasteiger charge is 2.15. The molecule has 0 N–H and O–H groups in total. The van der Waals surface area contributed by atoms with E-state index < -0.39 is 0 Å². The Bertz CT molecular complexity index is 559. The van der Waals surface area contributed by atoms with Gasteiger partial charge in [0.25, 0.3) is 0 Å². The molecule has 2 rings (SSSR count). The van der Waals surface area contributed by atoms with Gasteiger partial charge in [-0.2, -0.15) is 0 Å². The van der Waals surface area contributed by atoms with Gasteiger partial charge in [-0.25, -0.2) is 4.39 Å². The van der Waals surface area contributed by atoms with Crippen LogP contribution in [-0.4, -0.2) is 7.11 Å². The zero-order valence-electron chi connectivity index (χ0n) is 9.66. The van der Waals surface area contributed by atoms with Crippen molar-refractivity contribution in [3.63, 3.8) is 0 Å². The Balaban J connectivity index is 2.37. The maximum Gasteiger partial charge on any atom is 0.131 e. The van der Waals surface area contributed by atoms with Gasteiger partial charge >= 0.3 is 0 Å². The highest BCUT2D eigenvalue weighted by molar-refractivity contribution is 9.09. The van der Waals surface area contributed by atoms with Gasteiger partial charge in [-0.05, 0) is 23.8 Å². The zero-order valence-corrected chi connectivity index (χ0v) is 12.0. The van der Waals surface area contributed by atoms with Gasteiger partial charge in [0.05, 0.1) is 11.9 Å². The molecule has 18 heavy (non-hydrogen) atoms. The van der Waals surface area contributed by atoms with Gasteiger partial charge in [0.1, 0.15) is 11.6 Å². The molecule has 0 heterocycles. The van der Waals surface area contributed by atoms with Crippen molar-refractivity contribution in [1.29, 1.82) is 0 Å². The maximum absolute atomic E-state index is 13.9. The molecular formula is C14H11BrClFO. The van der Waals surface area contributed by atoms with E-state index in [4.69, 9.17) is 16.3 Å². The molecule has 94 valence electrons. The van der Waals surface area contributed by atoms with Crippen LogP contribution >= 0.6 is 27.5 Å². The lowest BCUT2D eigenvalue weighted by molar-refractivity contribution is 0.411. The average molecular weight is 330 g/mol. The van der Waals surface area contributed by atoms with E-state index in [0.717, 1.165) is 5.56 Å². The number of hydrogen-bond donors (Lipinski definition) is 0. The smallest absolute Gasteiger partial charge is 0.131 e. The molecule has 4 heteroatoms. The molecule has 1 nitrogen and oxygen atoms in total. The van der Waals surface area contributed by atoms with Crippen LogP contribution < -0.4 is 4.74 Å². The molecule has 0 aliphatic heterocycles. The molecule has 0 fully saturated rings. The number of halogens is 3. The largest absolute Gasteiger partial charge is 0.497 e. The lowest BCUT2D eigenvalue weighted by atomic mass is 10.0. The number of rotatable bonds is 3. The fourth-order valence-electron chi connectivity index (χ4n) is 1.68. The summed E-state index contributed by atoms with van der Waals surface area (Å²) in [4.78, 5) is -0.234. The molecule has 0 aromatic heterocycles. The quantitative estimate of drug-likeness (QED) is 0.722. The molecule has 0 spiro atoms. The van der Waals surface area contributed by atoms with Crippen LogP contribution in [-0.2, 0) is 0 Å². The lowest BCUT2D eigenvalue weighted by Gasteiger charge is -2.13. The molecular weight excluding hydrogens is 319 g/mol. The second-order valence-corrected chi connectivity index (χ2v) is 5.16. The Kier molecular flexibility index (Phi) is 4.25. The van der Waals surface area contributed by atoms with Gasteiger partial charge in [-0.15, -0.1) is 0 Å². The number of ether oxygens (including phenoxy) is 1.